The number of rotatable bonds is 5. The summed E-state index contributed by atoms with van der Waals surface area (Å²) in [5, 5.41) is 2.89. The Morgan fingerprint density at radius 1 is 1.45 bits per heavy atom. The molecule has 0 unspecified atom stereocenters. The van der Waals surface area contributed by atoms with Gasteiger partial charge in [-0.25, -0.2) is 0 Å². The number of para-hydroxylation sites is 1. The Morgan fingerprint density at radius 3 is 2.80 bits per heavy atom. The van der Waals surface area contributed by atoms with Crippen LogP contribution in [0, 0.1) is 0 Å². The van der Waals surface area contributed by atoms with Crippen molar-refractivity contribution in [1.82, 2.24) is 10.2 Å². The van der Waals surface area contributed by atoms with Crippen molar-refractivity contribution in [3.05, 3.63) is 42.5 Å². The summed E-state index contributed by atoms with van der Waals surface area (Å²) in [6, 6.07) is 7.11. The second-order valence-corrected chi connectivity index (χ2v) is 4.55. The molecule has 0 spiro atoms. The lowest BCUT2D eigenvalue weighted by Crippen LogP contribution is -2.60. The van der Waals surface area contributed by atoms with E-state index in [-0.39, 0.29) is 17.9 Å². The van der Waals surface area contributed by atoms with Crippen molar-refractivity contribution in [1.29, 1.82) is 0 Å². The topological polar surface area (TPSA) is 58.6 Å². The Morgan fingerprint density at radius 2 is 2.15 bits per heavy atom. The van der Waals surface area contributed by atoms with Crippen molar-refractivity contribution in [2.45, 2.75) is 13.0 Å². The van der Waals surface area contributed by atoms with E-state index in [0.717, 1.165) is 0 Å². The highest BCUT2D eigenvalue weighted by Crippen LogP contribution is 2.18. The van der Waals surface area contributed by atoms with Gasteiger partial charge in [-0.15, -0.1) is 0 Å². The molecule has 1 aliphatic rings. The second kappa shape index (κ2) is 6.23. The normalized spacial score (nSPS) is 14.3. The van der Waals surface area contributed by atoms with Crippen LogP contribution in [0.2, 0.25) is 0 Å². The number of likely N-dealkylation sites (tertiary alicyclic amines) is 1. The fraction of sp³-hybridized carbons (Fsp3) is 0.333. The van der Waals surface area contributed by atoms with Crippen LogP contribution >= 0.6 is 0 Å². The van der Waals surface area contributed by atoms with Gasteiger partial charge in [0.2, 0.25) is 5.91 Å². The monoisotopic (exact) mass is 274 g/mol. The zero-order valence-corrected chi connectivity index (χ0v) is 11.5. The molecule has 0 aromatic heterocycles. The van der Waals surface area contributed by atoms with Gasteiger partial charge in [-0.05, 0) is 25.1 Å². The van der Waals surface area contributed by atoms with Crippen LogP contribution in [0.1, 0.15) is 17.3 Å². The maximum Gasteiger partial charge on any atom is 0.255 e. The maximum atomic E-state index is 12.2. The average molecular weight is 274 g/mol. The maximum absolute atomic E-state index is 12.2. The highest BCUT2D eigenvalue weighted by Gasteiger charge is 2.30. The number of ether oxygens (including phenoxy) is 1. The molecule has 2 rings (SSSR count). The molecule has 1 N–H and O–H groups in total. The van der Waals surface area contributed by atoms with Crippen LogP contribution < -0.4 is 10.1 Å². The molecule has 1 heterocycles. The van der Waals surface area contributed by atoms with Crippen LogP contribution in [-0.2, 0) is 4.79 Å². The van der Waals surface area contributed by atoms with Crippen LogP contribution in [0.4, 0.5) is 0 Å². The van der Waals surface area contributed by atoms with Gasteiger partial charge in [-0.3, -0.25) is 9.59 Å². The average Bonchev–Trinajstić information content (AvgIpc) is 2.42. The molecule has 1 aliphatic heterocycles. The molecule has 106 valence electrons. The largest absolute Gasteiger partial charge is 0.493 e. The third-order valence-corrected chi connectivity index (χ3v) is 3.13. The van der Waals surface area contributed by atoms with Crippen LogP contribution in [-0.4, -0.2) is 42.5 Å². The van der Waals surface area contributed by atoms with Gasteiger partial charge in [-0.1, -0.05) is 18.7 Å². The fourth-order valence-corrected chi connectivity index (χ4v) is 2.08. The molecule has 0 saturated carbocycles. The Kier molecular flexibility index (Phi) is 4.40. The first-order valence-electron chi connectivity index (χ1n) is 6.59. The van der Waals surface area contributed by atoms with Gasteiger partial charge in [0.25, 0.3) is 5.91 Å². The molecule has 0 atom stereocenters. The molecule has 5 heteroatoms. The molecule has 20 heavy (non-hydrogen) atoms. The van der Waals surface area contributed by atoms with E-state index in [2.05, 4.69) is 11.9 Å². The van der Waals surface area contributed by atoms with Gasteiger partial charge in [0, 0.05) is 13.1 Å². The zero-order valence-electron chi connectivity index (χ0n) is 11.5. The molecular formula is C15H18N2O3. The lowest BCUT2D eigenvalue weighted by Gasteiger charge is -2.38. The van der Waals surface area contributed by atoms with E-state index in [9.17, 15) is 9.59 Å². The lowest BCUT2D eigenvalue weighted by molar-refractivity contribution is -0.130. The van der Waals surface area contributed by atoms with Gasteiger partial charge in [0.1, 0.15) is 5.75 Å². The SMILES string of the molecule is C=CC(=O)N1CC(NC(=O)c2ccccc2OCC)C1. The molecule has 0 radical (unpaired) electrons. The molecule has 0 aliphatic carbocycles. The summed E-state index contributed by atoms with van der Waals surface area (Å²) in [4.78, 5) is 25.1. The van der Waals surface area contributed by atoms with E-state index in [0.29, 0.717) is 31.0 Å². The molecule has 1 aromatic rings. The van der Waals surface area contributed by atoms with Crippen LogP contribution in [0.5, 0.6) is 5.75 Å². The summed E-state index contributed by atoms with van der Waals surface area (Å²) in [6.07, 6.45) is 1.28. The summed E-state index contributed by atoms with van der Waals surface area (Å²) in [6.45, 7) is 6.86. The molecular weight excluding hydrogens is 256 g/mol. The number of hydrogen-bond donors (Lipinski definition) is 1. The Labute approximate surface area is 118 Å². The van der Waals surface area contributed by atoms with Crippen LogP contribution in [0.25, 0.3) is 0 Å². The van der Waals surface area contributed by atoms with E-state index < -0.39 is 0 Å². The van der Waals surface area contributed by atoms with Crippen molar-refractivity contribution < 1.29 is 14.3 Å². The summed E-state index contributed by atoms with van der Waals surface area (Å²) >= 11 is 0. The van der Waals surface area contributed by atoms with E-state index in [1.807, 2.05) is 13.0 Å². The van der Waals surface area contributed by atoms with Crippen molar-refractivity contribution in [2.75, 3.05) is 19.7 Å². The first-order valence-corrected chi connectivity index (χ1v) is 6.59. The number of benzene rings is 1. The highest BCUT2D eigenvalue weighted by atomic mass is 16.5. The predicted molar refractivity (Wildman–Crippen MR) is 75.6 cm³/mol. The zero-order chi connectivity index (χ0) is 14.5. The van der Waals surface area contributed by atoms with Gasteiger partial charge < -0.3 is 15.0 Å². The minimum absolute atomic E-state index is 0.0129. The van der Waals surface area contributed by atoms with Crippen molar-refractivity contribution >= 4 is 11.8 Å². The highest BCUT2D eigenvalue weighted by molar-refractivity contribution is 5.97. The molecule has 5 nitrogen and oxygen atoms in total. The molecule has 1 aromatic carbocycles. The van der Waals surface area contributed by atoms with E-state index in [1.165, 1.54) is 6.08 Å². The number of nitrogens with zero attached hydrogens (tertiary/aromatic N) is 1. The second-order valence-electron chi connectivity index (χ2n) is 4.55. The molecule has 1 fully saturated rings. The summed E-state index contributed by atoms with van der Waals surface area (Å²) < 4.78 is 5.43. The Hall–Kier alpha value is -2.30. The Balaban J connectivity index is 1.93. The first kappa shape index (κ1) is 14.1. The molecule has 2 amide bonds. The quantitative estimate of drug-likeness (QED) is 0.821. The van der Waals surface area contributed by atoms with Gasteiger partial charge in [0.15, 0.2) is 0 Å². The van der Waals surface area contributed by atoms with Crippen molar-refractivity contribution in [3.8, 4) is 5.75 Å². The lowest BCUT2D eigenvalue weighted by atomic mass is 10.1. The van der Waals surface area contributed by atoms with E-state index in [1.54, 1.807) is 23.1 Å². The van der Waals surface area contributed by atoms with E-state index >= 15 is 0 Å². The van der Waals surface area contributed by atoms with Crippen molar-refractivity contribution in [2.24, 2.45) is 0 Å². The number of carbonyl (C=O) groups excluding carboxylic acids is 2. The number of carbonyl (C=O) groups is 2. The Bertz CT molecular complexity index is 522. The van der Waals surface area contributed by atoms with E-state index in [4.69, 9.17) is 4.74 Å². The number of hydrogen-bond acceptors (Lipinski definition) is 3. The van der Waals surface area contributed by atoms with Gasteiger partial charge in [0.05, 0.1) is 18.2 Å². The summed E-state index contributed by atoms with van der Waals surface area (Å²) in [5.74, 6) is 0.292. The van der Waals surface area contributed by atoms with Gasteiger partial charge in [-0.2, -0.15) is 0 Å². The van der Waals surface area contributed by atoms with Crippen molar-refractivity contribution in [3.63, 3.8) is 0 Å². The minimum atomic E-state index is -0.176. The third-order valence-electron chi connectivity index (χ3n) is 3.13. The molecule has 1 saturated heterocycles. The number of nitrogens with one attached hydrogen (secondary N) is 1. The number of amides is 2. The fourth-order valence-electron chi connectivity index (χ4n) is 2.08. The molecule has 0 bridgehead atoms. The smallest absolute Gasteiger partial charge is 0.255 e. The predicted octanol–water partition coefficient (Wildman–Crippen LogP) is 1.21. The first-order chi connectivity index (χ1) is 9.65. The standard InChI is InChI=1S/C15H18N2O3/c1-3-14(18)17-9-11(10-17)16-15(19)12-7-5-6-8-13(12)20-4-2/h3,5-8,11H,1,4,9-10H2,2H3,(H,16,19). The third kappa shape index (κ3) is 2.99. The van der Waals surface area contributed by atoms with Crippen LogP contribution in [0.15, 0.2) is 36.9 Å². The minimum Gasteiger partial charge on any atom is -0.493 e. The van der Waals surface area contributed by atoms with Crippen LogP contribution in [0.3, 0.4) is 0 Å². The summed E-state index contributed by atoms with van der Waals surface area (Å²) in [7, 11) is 0. The van der Waals surface area contributed by atoms with Gasteiger partial charge >= 0.3 is 0 Å². The summed E-state index contributed by atoms with van der Waals surface area (Å²) in [5.41, 5.74) is 0.517.